The molecule has 0 fully saturated rings. The maximum absolute atomic E-state index is 12.4. The molecule has 0 atom stereocenters. The van der Waals surface area contributed by atoms with E-state index in [1.165, 1.54) is 36.4 Å². The van der Waals surface area contributed by atoms with Crippen LogP contribution < -0.4 is 15.5 Å². The number of carbonyl (C=O) groups is 1. The highest BCUT2D eigenvalue weighted by molar-refractivity contribution is 7.89. The molecule has 1 aromatic heterocycles. The fourth-order valence-corrected chi connectivity index (χ4v) is 3.70. The average Bonchev–Trinajstić information content (AvgIpc) is 2.67. The van der Waals surface area contributed by atoms with Crippen molar-refractivity contribution >= 4 is 32.5 Å². The van der Waals surface area contributed by atoms with Crippen LogP contribution in [0.3, 0.4) is 0 Å². The summed E-state index contributed by atoms with van der Waals surface area (Å²) < 4.78 is 26.5. The number of nitrogens with one attached hydrogen (secondary N) is 3. The number of hydrogen-bond donors (Lipinski definition) is 3. The molecule has 0 radical (unpaired) electrons. The lowest BCUT2D eigenvalue weighted by Crippen LogP contribution is -2.23. The number of benzene rings is 2. The van der Waals surface area contributed by atoms with Crippen molar-refractivity contribution in [3.05, 3.63) is 82.7 Å². The first-order valence-corrected chi connectivity index (χ1v) is 9.94. The van der Waals surface area contributed by atoms with Crippen LogP contribution in [0.1, 0.15) is 16.1 Å². The summed E-state index contributed by atoms with van der Waals surface area (Å²) in [6, 6.07) is 12.1. The monoisotopic (exact) mass is 397 g/mol. The molecule has 1 heterocycles. The smallest absolute Gasteiger partial charge is 0.255 e. The van der Waals surface area contributed by atoms with Crippen molar-refractivity contribution in [2.75, 3.05) is 11.9 Å². The minimum absolute atomic E-state index is 0.0542. The topological polar surface area (TPSA) is 108 Å². The number of H-pyrrole nitrogens is 1. The van der Waals surface area contributed by atoms with Crippen molar-refractivity contribution in [3.63, 3.8) is 0 Å². The van der Waals surface area contributed by atoms with Crippen LogP contribution in [-0.4, -0.2) is 25.9 Å². The molecule has 144 valence electrons. The molecule has 0 aliphatic rings. The number of rotatable bonds is 6. The first-order chi connectivity index (χ1) is 13.3. The Morgan fingerprint density at radius 2 is 1.86 bits per heavy atom. The van der Waals surface area contributed by atoms with Gasteiger partial charge in [0.15, 0.2) is 5.43 Å². The Hall–Kier alpha value is -3.23. The van der Waals surface area contributed by atoms with E-state index in [0.29, 0.717) is 22.2 Å². The van der Waals surface area contributed by atoms with Gasteiger partial charge in [0.25, 0.3) is 5.91 Å². The second-order valence-electron chi connectivity index (χ2n) is 6.20. The molecule has 0 saturated heterocycles. The summed E-state index contributed by atoms with van der Waals surface area (Å²) in [6.45, 7) is 5.38. The van der Waals surface area contributed by atoms with E-state index in [0.717, 1.165) is 5.69 Å². The Labute approximate surface area is 162 Å². The van der Waals surface area contributed by atoms with Crippen molar-refractivity contribution in [2.45, 2.75) is 11.8 Å². The van der Waals surface area contributed by atoms with Gasteiger partial charge in [0.2, 0.25) is 10.0 Å². The Balaban J connectivity index is 1.80. The molecular formula is C20H19N3O4S. The number of hydrogen-bond acceptors (Lipinski definition) is 4. The number of aromatic amines is 1. The predicted molar refractivity (Wildman–Crippen MR) is 109 cm³/mol. The van der Waals surface area contributed by atoms with Crippen LogP contribution in [0.5, 0.6) is 0 Å². The third-order valence-corrected chi connectivity index (χ3v) is 5.51. The van der Waals surface area contributed by atoms with Crippen molar-refractivity contribution in [2.24, 2.45) is 0 Å². The van der Waals surface area contributed by atoms with Crippen LogP contribution in [-0.2, 0) is 10.0 Å². The minimum atomic E-state index is -3.65. The fraction of sp³-hybridized carbons (Fsp3) is 0.100. The molecule has 7 nitrogen and oxygen atoms in total. The largest absolute Gasteiger partial charge is 0.358 e. The number of aromatic nitrogens is 1. The van der Waals surface area contributed by atoms with E-state index in [-0.39, 0.29) is 16.9 Å². The van der Waals surface area contributed by atoms with E-state index in [2.05, 4.69) is 21.6 Å². The number of pyridine rings is 1. The Bertz CT molecular complexity index is 1210. The van der Waals surface area contributed by atoms with Crippen LogP contribution in [0.4, 0.5) is 5.69 Å². The summed E-state index contributed by atoms with van der Waals surface area (Å²) in [5.41, 5.74) is 2.07. The molecular weight excluding hydrogens is 378 g/mol. The number of carbonyl (C=O) groups excluding carboxylic acids is 1. The van der Waals surface area contributed by atoms with Gasteiger partial charge in [-0.3, -0.25) is 9.59 Å². The molecule has 0 spiro atoms. The highest BCUT2D eigenvalue weighted by Gasteiger charge is 2.14. The first kappa shape index (κ1) is 19.5. The number of sulfonamides is 1. The van der Waals surface area contributed by atoms with E-state index in [1.807, 2.05) is 0 Å². The molecule has 3 aromatic rings. The SMILES string of the molecule is C=CCNS(=O)(=O)c1ccc(C(=O)Nc2ccc3[nH]c(C)cc(=O)c3c2)cc1. The first-order valence-electron chi connectivity index (χ1n) is 8.46. The third-order valence-electron chi connectivity index (χ3n) is 4.07. The number of fused-ring (bicyclic) bond motifs is 1. The summed E-state index contributed by atoms with van der Waals surface area (Å²) in [7, 11) is -3.65. The molecule has 0 aliphatic carbocycles. The zero-order valence-electron chi connectivity index (χ0n) is 15.2. The van der Waals surface area contributed by atoms with Gasteiger partial charge in [0, 0.05) is 40.5 Å². The standard InChI is InChI=1S/C20H19N3O4S/c1-3-10-21-28(26,27)16-7-4-14(5-8-16)20(25)23-15-6-9-18-17(12-15)19(24)11-13(2)22-18/h3-9,11-12,21H,1,10H2,2H3,(H,22,24)(H,23,25). The number of aryl methyl sites for hydroxylation is 1. The van der Waals surface area contributed by atoms with Gasteiger partial charge in [-0.2, -0.15) is 0 Å². The summed E-state index contributed by atoms with van der Waals surface area (Å²) in [5.74, 6) is -0.411. The maximum atomic E-state index is 12.4. The van der Waals surface area contributed by atoms with Gasteiger partial charge in [0.05, 0.1) is 4.90 Å². The average molecular weight is 397 g/mol. The molecule has 0 aliphatic heterocycles. The lowest BCUT2D eigenvalue weighted by Gasteiger charge is -2.08. The van der Waals surface area contributed by atoms with Crippen molar-refractivity contribution in [1.29, 1.82) is 0 Å². The van der Waals surface area contributed by atoms with Crippen LogP contribution in [0.2, 0.25) is 0 Å². The second kappa shape index (κ2) is 7.79. The minimum Gasteiger partial charge on any atom is -0.358 e. The van der Waals surface area contributed by atoms with E-state index in [9.17, 15) is 18.0 Å². The van der Waals surface area contributed by atoms with Gasteiger partial charge in [-0.05, 0) is 49.4 Å². The zero-order chi connectivity index (χ0) is 20.3. The van der Waals surface area contributed by atoms with E-state index in [4.69, 9.17) is 0 Å². The zero-order valence-corrected chi connectivity index (χ0v) is 16.0. The van der Waals surface area contributed by atoms with Crippen molar-refractivity contribution < 1.29 is 13.2 Å². The third kappa shape index (κ3) is 4.19. The van der Waals surface area contributed by atoms with Gasteiger partial charge >= 0.3 is 0 Å². The van der Waals surface area contributed by atoms with Gasteiger partial charge in [0.1, 0.15) is 0 Å². The molecule has 0 bridgehead atoms. The maximum Gasteiger partial charge on any atom is 0.255 e. The molecule has 28 heavy (non-hydrogen) atoms. The summed E-state index contributed by atoms with van der Waals surface area (Å²) in [4.78, 5) is 27.7. The molecule has 0 saturated carbocycles. The van der Waals surface area contributed by atoms with Crippen LogP contribution >= 0.6 is 0 Å². The molecule has 0 unspecified atom stereocenters. The van der Waals surface area contributed by atoms with Crippen molar-refractivity contribution in [1.82, 2.24) is 9.71 Å². The quantitative estimate of drug-likeness (QED) is 0.556. The lowest BCUT2D eigenvalue weighted by molar-refractivity contribution is 0.102. The van der Waals surface area contributed by atoms with Gasteiger partial charge in [-0.25, -0.2) is 13.1 Å². The fourth-order valence-electron chi connectivity index (χ4n) is 2.70. The lowest BCUT2D eigenvalue weighted by atomic mass is 10.1. The van der Waals surface area contributed by atoms with Gasteiger partial charge < -0.3 is 10.3 Å². The Morgan fingerprint density at radius 3 is 2.54 bits per heavy atom. The van der Waals surface area contributed by atoms with Crippen molar-refractivity contribution in [3.8, 4) is 0 Å². The van der Waals surface area contributed by atoms with E-state index in [1.54, 1.807) is 25.1 Å². The van der Waals surface area contributed by atoms with E-state index >= 15 is 0 Å². The van der Waals surface area contributed by atoms with E-state index < -0.39 is 15.9 Å². The molecule has 1 amide bonds. The highest BCUT2D eigenvalue weighted by atomic mass is 32.2. The Kier molecular flexibility index (Phi) is 5.43. The summed E-state index contributed by atoms with van der Waals surface area (Å²) >= 11 is 0. The second-order valence-corrected chi connectivity index (χ2v) is 7.96. The van der Waals surface area contributed by atoms with Crippen LogP contribution in [0.15, 0.2) is 70.9 Å². The summed E-state index contributed by atoms with van der Waals surface area (Å²) in [5, 5.41) is 3.19. The van der Waals surface area contributed by atoms with Gasteiger partial charge in [-0.1, -0.05) is 6.08 Å². The summed E-state index contributed by atoms with van der Waals surface area (Å²) in [6.07, 6.45) is 1.44. The number of anilines is 1. The molecule has 8 heteroatoms. The van der Waals surface area contributed by atoms with Crippen LogP contribution in [0.25, 0.3) is 10.9 Å². The molecule has 3 rings (SSSR count). The van der Waals surface area contributed by atoms with Gasteiger partial charge in [-0.15, -0.1) is 6.58 Å². The highest BCUT2D eigenvalue weighted by Crippen LogP contribution is 2.17. The normalized spacial score (nSPS) is 11.3. The number of amides is 1. The molecule has 2 aromatic carbocycles. The Morgan fingerprint density at radius 1 is 1.14 bits per heavy atom. The van der Waals surface area contributed by atoms with Crippen LogP contribution in [0, 0.1) is 6.92 Å². The predicted octanol–water partition coefficient (Wildman–Crippen LogP) is 2.55. The molecule has 3 N–H and O–H groups in total.